The van der Waals surface area contributed by atoms with E-state index in [-0.39, 0.29) is 17.7 Å². The number of carbonyl (C=O) groups excluding carboxylic acids is 2. The van der Waals surface area contributed by atoms with Crippen molar-refractivity contribution in [3.8, 4) is 0 Å². The van der Waals surface area contributed by atoms with Gasteiger partial charge < -0.3 is 10.2 Å². The van der Waals surface area contributed by atoms with Crippen molar-refractivity contribution < 1.29 is 14.0 Å². The van der Waals surface area contributed by atoms with Gasteiger partial charge in [-0.2, -0.15) is 0 Å². The third kappa shape index (κ3) is 1.86. The Balaban J connectivity index is 1.95. The molecule has 5 nitrogen and oxygen atoms in total. The summed E-state index contributed by atoms with van der Waals surface area (Å²) in [5.74, 6) is -0.833. The number of benzene rings is 2. The summed E-state index contributed by atoms with van der Waals surface area (Å²) in [6.07, 6.45) is 2.48. The van der Waals surface area contributed by atoms with E-state index in [0.717, 1.165) is 27.3 Å². The average Bonchev–Trinajstić information content (AvgIpc) is 2.91. The Hall–Kier alpha value is -2.82. The Morgan fingerprint density at radius 2 is 2.05 bits per heavy atom. The lowest BCUT2D eigenvalue weighted by molar-refractivity contribution is -0.134. The molecule has 2 heterocycles. The van der Waals surface area contributed by atoms with E-state index >= 15 is 0 Å². The number of piperidine rings is 1. The van der Waals surface area contributed by atoms with Crippen molar-refractivity contribution in [2.45, 2.75) is 18.8 Å². The van der Waals surface area contributed by atoms with Gasteiger partial charge in [-0.3, -0.25) is 14.9 Å². The van der Waals surface area contributed by atoms with Crippen molar-refractivity contribution in [3.63, 3.8) is 0 Å². The molecule has 0 aliphatic carbocycles. The number of hydrogen-bond acceptors (Lipinski definition) is 4. The number of furan rings is 1. The molecule has 110 valence electrons. The predicted octanol–water partition coefficient (Wildman–Crippen LogP) is 2.69. The van der Waals surface area contributed by atoms with Crippen LogP contribution < -0.4 is 11.1 Å². The number of carbonyl (C=O) groups is 2. The fraction of sp³-hybridized carbons (Fsp3) is 0.176. The van der Waals surface area contributed by atoms with Crippen molar-refractivity contribution in [2.75, 3.05) is 5.73 Å². The molecule has 22 heavy (non-hydrogen) atoms. The first-order valence-electron chi connectivity index (χ1n) is 7.16. The average molecular weight is 294 g/mol. The van der Waals surface area contributed by atoms with Crippen LogP contribution in [0.25, 0.3) is 21.7 Å². The smallest absolute Gasteiger partial charge is 0.234 e. The van der Waals surface area contributed by atoms with Gasteiger partial charge in [0.05, 0.1) is 12.2 Å². The molecule has 0 saturated carbocycles. The number of imide groups is 1. The van der Waals surface area contributed by atoms with Gasteiger partial charge in [-0.25, -0.2) is 0 Å². The molecule has 1 fully saturated rings. The minimum Gasteiger partial charge on any atom is -0.464 e. The van der Waals surface area contributed by atoms with Crippen LogP contribution >= 0.6 is 0 Å². The third-order valence-electron chi connectivity index (χ3n) is 4.22. The predicted molar refractivity (Wildman–Crippen MR) is 83.3 cm³/mol. The van der Waals surface area contributed by atoms with Crippen LogP contribution in [0.15, 0.2) is 41.0 Å². The second-order valence-corrected chi connectivity index (χ2v) is 5.61. The first-order chi connectivity index (χ1) is 10.6. The molecule has 1 aliphatic rings. The summed E-state index contributed by atoms with van der Waals surface area (Å²) in [5, 5.41) is 5.33. The third-order valence-corrected chi connectivity index (χ3v) is 4.22. The molecule has 0 spiro atoms. The van der Waals surface area contributed by atoms with Crippen LogP contribution in [0, 0.1) is 0 Å². The number of amides is 2. The van der Waals surface area contributed by atoms with Gasteiger partial charge in [0.1, 0.15) is 5.58 Å². The number of rotatable bonds is 1. The number of fused-ring (bicyclic) bond motifs is 3. The number of nitrogens with two attached hydrogens (primary N) is 1. The molecule has 2 amide bonds. The lowest BCUT2D eigenvalue weighted by Crippen LogP contribution is -2.39. The zero-order valence-corrected chi connectivity index (χ0v) is 11.8. The molecule has 0 bridgehead atoms. The number of hydrogen-bond donors (Lipinski definition) is 2. The summed E-state index contributed by atoms with van der Waals surface area (Å²) < 4.78 is 5.62. The summed E-state index contributed by atoms with van der Waals surface area (Å²) in [6, 6.07) is 9.51. The van der Waals surface area contributed by atoms with Gasteiger partial charge in [-0.15, -0.1) is 0 Å². The van der Waals surface area contributed by atoms with Crippen molar-refractivity contribution in [1.82, 2.24) is 5.32 Å². The van der Waals surface area contributed by atoms with E-state index in [4.69, 9.17) is 10.2 Å². The largest absolute Gasteiger partial charge is 0.464 e. The first kappa shape index (κ1) is 12.9. The monoisotopic (exact) mass is 294 g/mol. The van der Waals surface area contributed by atoms with Gasteiger partial charge in [-0.05, 0) is 35.4 Å². The minimum atomic E-state index is -0.359. The van der Waals surface area contributed by atoms with Gasteiger partial charge in [0, 0.05) is 23.1 Å². The van der Waals surface area contributed by atoms with Crippen molar-refractivity contribution in [2.24, 2.45) is 0 Å². The topological polar surface area (TPSA) is 85.3 Å². The Morgan fingerprint density at radius 1 is 1.18 bits per heavy atom. The summed E-state index contributed by atoms with van der Waals surface area (Å²) >= 11 is 0. The molecule has 3 aromatic rings. The molecule has 1 atom stereocenters. The lowest BCUT2D eigenvalue weighted by Gasteiger charge is -2.20. The fourth-order valence-corrected chi connectivity index (χ4v) is 3.16. The maximum absolute atomic E-state index is 12.1. The van der Waals surface area contributed by atoms with Crippen LogP contribution in [0.3, 0.4) is 0 Å². The van der Waals surface area contributed by atoms with E-state index in [1.807, 2.05) is 30.3 Å². The second-order valence-electron chi connectivity index (χ2n) is 5.61. The molecule has 0 radical (unpaired) electrons. The van der Waals surface area contributed by atoms with Crippen LogP contribution in [0.2, 0.25) is 0 Å². The standard InChI is InChI=1S/C17H14N2O3/c18-10-2-3-11-9(7-10)1-5-14-16(11)13(8-22-14)12-4-6-15(20)19-17(12)21/h1-3,5,7-8,12H,4,6,18H2,(H,19,20,21). The summed E-state index contributed by atoms with van der Waals surface area (Å²) in [5.41, 5.74) is 8.09. The molecule has 1 aliphatic heterocycles. The van der Waals surface area contributed by atoms with Crippen LogP contribution in [0.4, 0.5) is 5.69 Å². The van der Waals surface area contributed by atoms with Crippen LogP contribution in [0.5, 0.6) is 0 Å². The Labute approximate surface area is 126 Å². The molecule has 3 N–H and O–H groups in total. The van der Waals surface area contributed by atoms with Gasteiger partial charge in [0.2, 0.25) is 11.8 Å². The zero-order valence-electron chi connectivity index (χ0n) is 11.8. The van der Waals surface area contributed by atoms with E-state index in [9.17, 15) is 9.59 Å². The number of anilines is 1. The highest BCUT2D eigenvalue weighted by molar-refractivity contribution is 6.11. The first-order valence-corrected chi connectivity index (χ1v) is 7.16. The van der Waals surface area contributed by atoms with Crippen molar-refractivity contribution >= 4 is 39.2 Å². The zero-order chi connectivity index (χ0) is 15.3. The second kappa shape index (κ2) is 4.59. The highest BCUT2D eigenvalue weighted by Crippen LogP contribution is 2.37. The SMILES string of the molecule is Nc1ccc2c(ccc3occ(C4CCC(=O)NC4=O)c32)c1. The molecule has 5 heteroatoms. The van der Waals surface area contributed by atoms with Crippen molar-refractivity contribution in [3.05, 3.63) is 42.2 Å². The molecular weight excluding hydrogens is 280 g/mol. The Morgan fingerprint density at radius 3 is 2.86 bits per heavy atom. The summed E-state index contributed by atoms with van der Waals surface area (Å²) in [7, 11) is 0. The van der Waals surface area contributed by atoms with Gasteiger partial charge >= 0.3 is 0 Å². The van der Waals surface area contributed by atoms with Crippen molar-refractivity contribution in [1.29, 1.82) is 0 Å². The Kier molecular flexibility index (Phi) is 2.69. The molecular formula is C17H14N2O3. The molecule has 4 rings (SSSR count). The molecule has 2 aromatic carbocycles. The quantitative estimate of drug-likeness (QED) is 0.534. The summed E-state index contributed by atoms with van der Waals surface area (Å²) in [4.78, 5) is 23.5. The highest BCUT2D eigenvalue weighted by atomic mass is 16.3. The minimum absolute atomic E-state index is 0.216. The van der Waals surface area contributed by atoms with E-state index in [2.05, 4.69) is 5.32 Å². The van der Waals surface area contributed by atoms with E-state index < -0.39 is 0 Å². The van der Waals surface area contributed by atoms with Crippen LogP contribution in [-0.4, -0.2) is 11.8 Å². The van der Waals surface area contributed by atoms with Gasteiger partial charge in [-0.1, -0.05) is 12.1 Å². The highest BCUT2D eigenvalue weighted by Gasteiger charge is 2.30. The lowest BCUT2D eigenvalue weighted by atomic mass is 9.89. The maximum Gasteiger partial charge on any atom is 0.234 e. The van der Waals surface area contributed by atoms with E-state index in [1.165, 1.54) is 0 Å². The van der Waals surface area contributed by atoms with Gasteiger partial charge in [0.25, 0.3) is 0 Å². The number of nitrogen functional groups attached to an aromatic ring is 1. The molecule has 1 aromatic heterocycles. The maximum atomic E-state index is 12.1. The summed E-state index contributed by atoms with van der Waals surface area (Å²) in [6.45, 7) is 0. The fourth-order valence-electron chi connectivity index (χ4n) is 3.16. The molecule has 1 unspecified atom stereocenters. The normalized spacial score (nSPS) is 18.8. The van der Waals surface area contributed by atoms with Gasteiger partial charge in [0.15, 0.2) is 0 Å². The molecule has 1 saturated heterocycles. The van der Waals surface area contributed by atoms with E-state index in [1.54, 1.807) is 6.26 Å². The van der Waals surface area contributed by atoms with Crippen LogP contribution in [0.1, 0.15) is 24.3 Å². The number of nitrogens with one attached hydrogen (secondary N) is 1. The van der Waals surface area contributed by atoms with Crippen LogP contribution in [-0.2, 0) is 9.59 Å². The Bertz CT molecular complexity index is 926. The van der Waals surface area contributed by atoms with E-state index in [0.29, 0.717) is 18.5 Å².